The molecular formula is C11H15NO4S. The van der Waals surface area contributed by atoms with E-state index in [9.17, 15) is 9.59 Å². The summed E-state index contributed by atoms with van der Waals surface area (Å²) in [5.74, 6) is -0.884. The lowest BCUT2D eigenvalue weighted by molar-refractivity contribution is -0.141. The lowest BCUT2D eigenvalue weighted by atomic mass is 10.2. The summed E-state index contributed by atoms with van der Waals surface area (Å²) < 4.78 is 5.09. The molecule has 0 aliphatic heterocycles. The summed E-state index contributed by atoms with van der Waals surface area (Å²) in [5, 5.41) is 8.86. The van der Waals surface area contributed by atoms with Crippen LogP contribution in [0.2, 0.25) is 0 Å². The van der Waals surface area contributed by atoms with Gasteiger partial charge in [0.15, 0.2) is 0 Å². The van der Waals surface area contributed by atoms with E-state index >= 15 is 0 Å². The topological polar surface area (TPSA) is 66.8 Å². The third-order valence-electron chi connectivity index (χ3n) is 2.49. The van der Waals surface area contributed by atoms with E-state index in [0.29, 0.717) is 10.6 Å². The summed E-state index contributed by atoms with van der Waals surface area (Å²) in [4.78, 5) is 25.5. The van der Waals surface area contributed by atoms with Gasteiger partial charge in [-0.3, -0.25) is 4.79 Å². The molecule has 0 saturated carbocycles. The van der Waals surface area contributed by atoms with Crippen LogP contribution in [-0.2, 0) is 4.79 Å². The van der Waals surface area contributed by atoms with Crippen LogP contribution in [0.3, 0.4) is 0 Å². The van der Waals surface area contributed by atoms with Gasteiger partial charge in [-0.2, -0.15) is 0 Å². The molecule has 1 atom stereocenters. The van der Waals surface area contributed by atoms with Crippen LogP contribution in [0.15, 0.2) is 6.07 Å². The summed E-state index contributed by atoms with van der Waals surface area (Å²) in [6, 6.07) is 0.895. The van der Waals surface area contributed by atoms with E-state index in [2.05, 4.69) is 0 Å². The summed E-state index contributed by atoms with van der Waals surface area (Å²) >= 11 is 1.30. The maximum absolute atomic E-state index is 12.1. The fourth-order valence-corrected chi connectivity index (χ4v) is 2.26. The van der Waals surface area contributed by atoms with Crippen LogP contribution < -0.4 is 4.74 Å². The number of rotatable bonds is 4. The molecule has 1 aromatic heterocycles. The monoisotopic (exact) mass is 257 g/mol. The number of carboxylic acids is 1. The van der Waals surface area contributed by atoms with E-state index in [-0.39, 0.29) is 5.91 Å². The molecule has 0 aliphatic carbocycles. The molecule has 17 heavy (non-hydrogen) atoms. The van der Waals surface area contributed by atoms with Gasteiger partial charge in [-0.25, -0.2) is 4.79 Å². The van der Waals surface area contributed by atoms with Gasteiger partial charge in [-0.1, -0.05) is 0 Å². The number of hydrogen-bond acceptors (Lipinski definition) is 4. The molecule has 94 valence electrons. The Morgan fingerprint density at radius 1 is 1.53 bits per heavy atom. The fourth-order valence-electron chi connectivity index (χ4n) is 1.29. The number of nitrogens with zero attached hydrogens (tertiary/aromatic N) is 1. The highest BCUT2D eigenvalue weighted by Gasteiger charge is 2.26. The first-order valence-corrected chi connectivity index (χ1v) is 5.84. The number of carboxylic acid groups (broad SMARTS) is 1. The lowest BCUT2D eigenvalue weighted by Gasteiger charge is -2.21. The normalized spacial score (nSPS) is 12.0. The average molecular weight is 257 g/mol. The molecule has 0 aliphatic rings. The van der Waals surface area contributed by atoms with Crippen molar-refractivity contribution in [3.05, 3.63) is 15.8 Å². The van der Waals surface area contributed by atoms with E-state index in [1.165, 1.54) is 37.3 Å². The maximum atomic E-state index is 12.1. The molecule has 5 nitrogen and oxygen atoms in total. The molecule has 1 unspecified atom stereocenters. The van der Waals surface area contributed by atoms with Gasteiger partial charge in [0.25, 0.3) is 5.91 Å². The van der Waals surface area contributed by atoms with Crippen molar-refractivity contribution in [2.24, 2.45) is 0 Å². The van der Waals surface area contributed by atoms with Crippen molar-refractivity contribution in [1.29, 1.82) is 0 Å². The first kappa shape index (κ1) is 13.5. The number of methoxy groups -OCH3 is 1. The van der Waals surface area contributed by atoms with Crippen molar-refractivity contribution in [3.8, 4) is 5.75 Å². The SMILES string of the molecule is COc1cc(C)sc1C(=O)N(C)C(C)C(=O)O. The average Bonchev–Trinajstić information content (AvgIpc) is 2.67. The van der Waals surface area contributed by atoms with Crippen molar-refractivity contribution in [2.45, 2.75) is 19.9 Å². The minimum Gasteiger partial charge on any atom is -0.495 e. The van der Waals surface area contributed by atoms with Gasteiger partial charge in [0.2, 0.25) is 0 Å². The standard InChI is InChI=1S/C11H15NO4S/c1-6-5-8(16-4)9(17-6)10(13)12(3)7(2)11(14)15/h5,7H,1-4H3,(H,14,15). The van der Waals surface area contributed by atoms with Crippen LogP contribution in [0.5, 0.6) is 5.75 Å². The zero-order chi connectivity index (χ0) is 13.2. The van der Waals surface area contributed by atoms with E-state index in [4.69, 9.17) is 9.84 Å². The fraction of sp³-hybridized carbons (Fsp3) is 0.455. The number of aliphatic carboxylic acids is 1. The summed E-state index contributed by atoms with van der Waals surface area (Å²) in [7, 11) is 2.95. The number of thiophene rings is 1. The van der Waals surface area contributed by atoms with E-state index in [0.717, 1.165) is 4.88 Å². The third-order valence-corrected chi connectivity index (χ3v) is 3.51. The Balaban J connectivity index is 2.99. The number of hydrogen-bond donors (Lipinski definition) is 1. The van der Waals surface area contributed by atoms with Crippen LogP contribution in [-0.4, -0.2) is 42.1 Å². The highest BCUT2D eigenvalue weighted by Crippen LogP contribution is 2.29. The van der Waals surface area contributed by atoms with Crippen LogP contribution in [0.1, 0.15) is 21.5 Å². The van der Waals surface area contributed by atoms with Crippen molar-refractivity contribution >= 4 is 23.2 Å². The molecule has 1 N–H and O–H groups in total. The Morgan fingerprint density at radius 3 is 2.59 bits per heavy atom. The van der Waals surface area contributed by atoms with E-state index in [1.54, 1.807) is 6.07 Å². The predicted octanol–water partition coefficient (Wildman–Crippen LogP) is 1.61. The lowest BCUT2D eigenvalue weighted by Crippen LogP contribution is -2.40. The number of aryl methyl sites for hydroxylation is 1. The Bertz CT molecular complexity index is 441. The summed E-state index contributed by atoms with van der Waals surface area (Å²) in [5.41, 5.74) is 0. The molecule has 0 spiro atoms. The molecule has 1 heterocycles. The van der Waals surface area contributed by atoms with Crippen molar-refractivity contribution in [3.63, 3.8) is 0 Å². The number of likely N-dealkylation sites (N-methyl/N-ethyl adjacent to an activating group) is 1. The third kappa shape index (κ3) is 2.76. The summed E-state index contributed by atoms with van der Waals surface area (Å²) in [6.07, 6.45) is 0. The van der Waals surface area contributed by atoms with Gasteiger partial charge in [0.05, 0.1) is 7.11 Å². The molecule has 1 amide bonds. The zero-order valence-electron chi connectivity index (χ0n) is 10.2. The van der Waals surface area contributed by atoms with E-state index < -0.39 is 12.0 Å². The molecule has 1 rings (SSSR count). The van der Waals surface area contributed by atoms with Crippen molar-refractivity contribution < 1.29 is 19.4 Å². The molecule has 0 fully saturated rings. The molecular weight excluding hydrogens is 242 g/mol. The molecule has 1 aromatic rings. The number of amides is 1. The second-order valence-electron chi connectivity index (χ2n) is 3.68. The molecule has 0 bridgehead atoms. The van der Waals surface area contributed by atoms with Gasteiger partial charge < -0.3 is 14.7 Å². The molecule has 6 heteroatoms. The Morgan fingerprint density at radius 2 is 2.12 bits per heavy atom. The van der Waals surface area contributed by atoms with Gasteiger partial charge in [0, 0.05) is 11.9 Å². The summed E-state index contributed by atoms with van der Waals surface area (Å²) in [6.45, 7) is 3.33. The smallest absolute Gasteiger partial charge is 0.326 e. The Kier molecular flexibility index (Phi) is 4.11. The first-order valence-electron chi connectivity index (χ1n) is 5.02. The van der Waals surface area contributed by atoms with Gasteiger partial charge in [0.1, 0.15) is 16.7 Å². The molecule has 0 saturated heterocycles. The van der Waals surface area contributed by atoms with Gasteiger partial charge >= 0.3 is 5.97 Å². The number of carbonyl (C=O) groups is 2. The van der Waals surface area contributed by atoms with Crippen LogP contribution in [0, 0.1) is 6.92 Å². The van der Waals surface area contributed by atoms with Crippen molar-refractivity contribution in [1.82, 2.24) is 4.90 Å². The predicted molar refractivity (Wildman–Crippen MR) is 64.8 cm³/mol. The Labute approximate surface area is 104 Å². The van der Waals surface area contributed by atoms with Crippen molar-refractivity contribution in [2.75, 3.05) is 14.2 Å². The quantitative estimate of drug-likeness (QED) is 0.890. The zero-order valence-corrected chi connectivity index (χ0v) is 11.0. The van der Waals surface area contributed by atoms with Crippen LogP contribution in [0.4, 0.5) is 0 Å². The minimum atomic E-state index is -1.03. The highest BCUT2D eigenvalue weighted by atomic mass is 32.1. The van der Waals surface area contributed by atoms with E-state index in [1.807, 2.05) is 6.92 Å². The highest BCUT2D eigenvalue weighted by molar-refractivity contribution is 7.14. The molecule has 0 aromatic carbocycles. The second-order valence-corrected chi connectivity index (χ2v) is 4.94. The maximum Gasteiger partial charge on any atom is 0.326 e. The Hall–Kier alpha value is -1.56. The second kappa shape index (κ2) is 5.18. The largest absolute Gasteiger partial charge is 0.495 e. The van der Waals surface area contributed by atoms with Gasteiger partial charge in [-0.15, -0.1) is 11.3 Å². The minimum absolute atomic E-state index is 0.338. The van der Waals surface area contributed by atoms with Crippen LogP contribution >= 0.6 is 11.3 Å². The van der Waals surface area contributed by atoms with Gasteiger partial charge in [-0.05, 0) is 19.9 Å². The number of ether oxygens (including phenoxy) is 1. The molecule has 0 radical (unpaired) electrons. The number of carbonyl (C=O) groups excluding carboxylic acids is 1. The first-order chi connectivity index (χ1) is 7.88. The van der Waals surface area contributed by atoms with Crippen LogP contribution in [0.25, 0.3) is 0 Å².